The molecule has 0 aliphatic carbocycles. The molecule has 4 nitrogen and oxygen atoms in total. The molecule has 100 valence electrons. The smallest absolute Gasteiger partial charge is 0.339 e. The second-order valence-corrected chi connectivity index (χ2v) is 5.70. The predicted octanol–water partition coefficient (Wildman–Crippen LogP) is 2.26. The van der Waals surface area contributed by atoms with Gasteiger partial charge in [-0.2, -0.15) is 8.42 Å². The first-order valence-electron chi connectivity index (χ1n) is 5.72. The number of rotatable bonds is 4. The van der Waals surface area contributed by atoms with Crippen LogP contribution in [0.1, 0.15) is 11.1 Å². The number of benzene rings is 2. The highest BCUT2D eigenvalue weighted by molar-refractivity contribution is 7.87. The molecule has 0 unspecified atom stereocenters. The van der Waals surface area contributed by atoms with E-state index >= 15 is 0 Å². The first-order chi connectivity index (χ1) is 9.01. The fraction of sp³-hybridized carbons (Fsp3) is 0.143. The molecular formula is C14H14O4S. The van der Waals surface area contributed by atoms with E-state index in [9.17, 15) is 8.42 Å². The SMILES string of the molecule is Cc1ccc(S(=O)(=O)Oc2ccc(CO)cc2)cc1. The van der Waals surface area contributed by atoms with Gasteiger partial charge in [0.2, 0.25) is 0 Å². The zero-order valence-corrected chi connectivity index (χ0v) is 11.2. The molecular weight excluding hydrogens is 264 g/mol. The standard InChI is InChI=1S/C14H14O4S/c1-11-2-8-14(9-3-11)19(16,17)18-13-6-4-12(10-15)5-7-13/h2-9,15H,10H2,1H3. The molecule has 2 aromatic rings. The van der Waals surface area contributed by atoms with Gasteiger partial charge < -0.3 is 9.29 Å². The third-order valence-electron chi connectivity index (χ3n) is 2.62. The number of aliphatic hydroxyl groups excluding tert-OH is 1. The molecule has 0 saturated carbocycles. The van der Waals surface area contributed by atoms with Crippen molar-refractivity contribution in [3.63, 3.8) is 0 Å². The number of aliphatic hydroxyl groups is 1. The average Bonchev–Trinajstić information content (AvgIpc) is 2.40. The van der Waals surface area contributed by atoms with Gasteiger partial charge >= 0.3 is 10.1 Å². The Balaban J connectivity index is 2.23. The topological polar surface area (TPSA) is 63.6 Å². The van der Waals surface area contributed by atoms with E-state index in [2.05, 4.69) is 0 Å². The van der Waals surface area contributed by atoms with Crippen LogP contribution < -0.4 is 4.18 Å². The second-order valence-electron chi connectivity index (χ2n) is 4.15. The molecule has 0 atom stereocenters. The molecule has 0 heterocycles. The van der Waals surface area contributed by atoms with Crippen molar-refractivity contribution in [2.75, 3.05) is 0 Å². The Morgan fingerprint density at radius 3 is 2.11 bits per heavy atom. The fourth-order valence-corrected chi connectivity index (χ4v) is 2.46. The van der Waals surface area contributed by atoms with Crippen molar-refractivity contribution in [2.45, 2.75) is 18.4 Å². The molecule has 2 aromatic carbocycles. The zero-order chi connectivity index (χ0) is 13.9. The van der Waals surface area contributed by atoms with Gasteiger partial charge in [0.25, 0.3) is 0 Å². The van der Waals surface area contributed by atoms with Crippen LogP contribution >= 0.6 is 0 Å². The highest BCUT2D eigenvalue weighted by atomic mass is 32.2. The Hall–Kier alpha value is -1.85. The predicted molar refractivity (Wildman–Crippen MR) is 71.4 cm³/mol. The van der Waals surface area contributed by atoms with Gasteiger partial charge in [-0.25, -0.2) is 0 Å². The molecule has 5 heteroatoms. The highest BCUT2D eigenvalue weighted by Crippen LogP contribution is 2.19. The minimum atomic E-state index is -3.81. The van der Waals surface area contributed by atoms with E-state index in [0.29, 0.717) is 5.56 Å². The van der Waals surface area contributed by atoms with Gasteiger partial charge in [0.1, 0.15) is 10.6 Å². The van der Waals surface area contributed by atoms with Gasteiger partial charge in [-0.15, -0.1) is 0 Å². The van der Waals surface area contributed by atoms with Crippen molar-refractivity contribution in [3.05, 3.63) is 59.7 Å². The van der Waals surface area contributed by atoms with Crippen LogP contribution in [0.4, 0.5) is 0 Å². The quantitative estimate of drug-likeness (QED) is 0.871. The maximum atomic E-state index is 12.0. The van der Waals surface area contributed by atoms with Gasteiger partial charge in [-0.3, -0.25) is 0 Å². The normalized spacial score (nSPS) is 11.3. The Morgan fingerprint density at radius 2 is 1.58 bits per heavy atom. The monoisotopic (exact) mass is 278 g/mol. The first-order valence-corrected chi connectivity index (χ1v) is 7.13. The fourth-order valence-electron chi connectivity index (χ4n) is 1.53. The lowest BCUT2D eigenvalue weighted by Gasteiger charge is -2.07. The maximum absolute atomic E-state index is 12.0. The summed E-state index contributed by atoms with van der Waals surface area (Å²) in [6, 6.07) is 12.7. The summed E-state index contributed by atoms with van der Waals surface area (Å²) in [4.78, 5) is 0.115. The number of hydrogen-bond acceptors (Lipinski definition) is 4. The summed E-state index contributed by atoms with van der Waals surface area (Å²) in [5.74, 6) is 0.220. The van der Waals surface area contributed by atoms with Crippen molar-refractivity contribution in [1.29, 1.82) is 0 Å². The molecule has 0 aromatic heterocycles. The van der Waals surface area contributed by atoms with Crippen molar-refractivity contribution >= 4 is 10.1 Å². The molecule has 0 aliphatic heterocycles. The van der Waals surface area contributed by atoms with E-state index in [-0.39, 0.29) is 17.3 Å². The van der Waals surface area contributed by atoms with Crippen molar-refractivity contribution in [1.82, 2.24) is 0 Å². The van der Waals surface area contributed by atoms with Crippen molar-refractivity contribution in [2.24, 2.45) is 0 Å². The number of hydrogen-bond donors (Lipinski definition) is 1. The van der Waals surface area contributed by atoms with E-state index < -0.39 is 10.1 Å². The van der Waals surface area contributed by atoms with Crippen LogP contribution in [0.25, 0.3) is 0 Å². The lowest BCUT2D eigenvalue weighted by molar-refractivity contribution is 0.282. The van der Waals surface area contributed by atoms with Gasteiger partial charge in [-0.1, -0.05) is 29.8 Å². The Kier molecular flexibility index (Phi) is 3.87. The lowest BCUT2D eigenvalue weighted by Crippen LogP contribution is -2.09. The average molecular weight is 278 g/mol. The van der Waals surface area contributed by atoms with E-state index in [0.717, 1.165) is 5.56 Å². The maximum Gasteiger partial charge on any atom is 0.339 e. The number of aryl methyl sites for hydroxylation is 1. The van der Waals surface area contributed by atoms with Crippen LogP contribution in [-0.2, 0) is 16.7 Å². The van der Waals surface area contributed by atoms with Crippen LogP contribution in [0.5, 0.6) is 5.75 Å². The molecule has 0 aliphatic rings. The molecule has 1 N–H and O–H groups in total. The Labute approximate surface area is 112 Å². The summed E-state index contributed by atoms with van der Waals surface area (Å²) < 4.78 is 29.0. The molecule has 0 saturated heterocycles. The molecule has 0 amide bonds. The van der Waals surface area contributed by atoms with E-state index in [1.807, 2.05) is 6.92 Å². The zero-order valence-electron chi connectivity index (χ0n) is 10.4. The van der Waals surface area contributed by atoms with Gasteiger partial charge in [0, 0.05) is 0 Å². The van der Waals surface area contributed by atoms with Crippen LogP contribution in [0.2, 0.25) is 0 Å². The highest BCUT2D eigenvalue weighted by Gasteiger charge is 2.16. The summed E-state index contributed by atoms with van der Waals surface area (Å²) >= 11 is 0. The van der Waals surface area contributed by atoms with Crippen LogP contribution in [-0.4, -0.2) is 13.5 Å². The second kappa shape index (κ2) is 5.42. The minimum absolute atomic E-state index is 0.0923. The third-order valence-corrected chi connectivity index (χ3v) is 3.88. The molecule has 19 heavy (non-hydrogen) atoms. The molecule has 0 bridgehead atoms. The lowest BCUT2D eigenvalue weighted by atomic mass is 10.2. The summed E-state index contributed by atoms with van der Waals surface area (Å²) in [6.45, 7) is 1.79. The largest absolute Gasteiger partial charge is 0.392 e. The van der Waals surface area contributed by atoms with Gasteiger partial charge in [-0.05, 0) is 36.8 Å². The molecule has 0 spiro atoms. The molecule has 0 radical (unpaired) electrons. The van der Waals surface area contributed by atoms with Crippen molar-refractivity contribution in [3.8, 4) is 5.75 Å². The van der Waals surface area contributed by atoms with Crippen LogP contribution in [0, 0.1) is 6.92 Å². The Morgan fingerprint density at radius 1 is 1.00 bits per heavy atom. The van der Waals surface area contributed by atoms with Crippen LogP contribution in [0.3, 0.4) is 0 Å². The van der Waals surface area contributed by atoms with E-state index in [1.54, 1.807) is 24.3 Å². The minimum Gasteiger partial charge on any atom is -0.392 e. The van der Waals surface area contributed by atoms with Crippen molar-refractivity contribution < 1.29 is 17.7 Å². The van der Waals surface area contributed by atoms with E-state index in [4.69, 9.17) is 9.29 Å². The Bertz CT molecular complexity index is 643. The summed E-state index contributed by atoms with van der Waals surface area (Å²) in [6.07, 6.45) is 0. The molecule has 0 fully saturated rings. The third kappa shape index (κ3) is 3.33. The van der Waals surface area contributed by atoms with Crippen LogP contribution in [0.15, 0.2) is 53.4 Å². The van der Waals surface area contributed by atoms with Gasteiger partial charge in [0.05, 0.1) is 6.61 Å². The van der Waals surface area contributed by atoms with Gasteiger partial charge in [0.15, 0.2) is 0 Å². The summed E-state index contributed by atoms with van der Waals surface area (Å²) in [5.41, 5.74) is 1.67. The van der Waals surface area contributed by atoms with E-state index in [1.165, 1.54) is 24.3 Å². The summed E-state index contributed by atoms with van der Waals surface area (Å²) in [5, 5.41) is 8.91. The summed E-state index contributed by atoms with van der Waals surface area (Å²) in [7, 11) is -3.81. The first kappa shape index (κ1) is 13.6. The molecule has 2 rings (SSSR count).